The summed E-state index contributed by atoms with van der Waals surface area (Å²) < 4.78 is 43.5. The highest BCUT2D eigenvalue weighted by molar-refractivity contribution is 7.15. The van der Waals surface area contributed by atoms with Crippen molar-refractivity contribution >= 4 is 29.2 Å². The Morgan fingerprint density at radius 2 is 1.89 bits per heavy atom. The average molecular weight is 294 g/mol. The Morgan fingerprint density at radius 3 is 2.39 bits per heavy atom. The topological polar surface area (TPSA) is 39.2 Å². The Labute approximate surface area is 108 Å². The van der Waals surface area contributed by atoms with Gasteiger partial charge in [-0.2, -0.15) is 4.98 Å². The molecular formula is C10H3ClF3NO2S. The molecule has 0 N–H and O–H groups in total. The molecule has 0 fully saturated rings. The second-order valence-electron chi connectivity index (χ2n) is 3.06. The van der Waals surface area contributed by atoms with Crippen molar-refractivity contribution in [1.29, 1.82) is 0 Å². The summed E-state index contributed by atoms with van der Waals surface area (Å²) in [7, 11) is 0. The highest BCUT2D eigenvalue weighted by Gasteiger charge is 2.14. The van der Waals surface area contributed by atoms with Crippen molar-refractivity contribution in [3.05, 3.63) is 39.6 Å². The molecule has 3 nitrogen and oxygen atoms in total. The van der Waals surface area contributed by atoms with Gasteiger partial charge in [0.25, 0.3) is 5.19 Å². The zero-order chi connectivity index (χ0) is 13.3. The number of rotatable bonds is 3. The molecule has 0 radical (unpaired) electrons. The number of hydrogen-bond acceptors (Lipinski definition) is 4. The lowest BCUT2D eigenvalue weighted by atomic mass is 10.3. The molecule has 0 unspecified atom stereocenters. The van der Waals surface area contributed by atoms with E-state index in [2.05, 4.69) is 4.98 Å². The Bertz CT molecular complexity index is 594. The Balaban J connectivity index is 2.31. The number of ether oxygens (including phenoxy) is 1. The van der Waals surface area contributed by atoms with Gasteiger partial charge >= 0.3 is 0 Å². The van der Waals surface area contributed by atoms with E-state index in [9.17, 15) is 18.0 Å². The van der Waals surface area contributed by atoms with Crippen LogP contribution >= 0.6 is 22.9 Å². The zero-order valence-electron chi connectivity index (χ0n) is 8.42. The summed E-state index contributed by atoms with van der Waals surface area (Å²) >= 11 is 6.38. The van der Waals surface area contributed by atoms with Crippen LogP contribution in [0.5, 0.6) is 10.9 Å². The second kappa shape index (κ2) is 4.95. The number of nitrogens with zero attached hydrogens (tertiary/aromatic N) is 1. The maximum absolute atomic E-state index is 12.9. The number of thiazole rings is 1. The number of carbonyl (C=O) groups excluding carboxylic acids is 1. The van der Waals surface area contributed by atoms with Crippen LogP contribution < -0.4 is 4.74 Å². The van der Waals surface area contributed by atoms with Gasteiger partial charge in [-0.05, 0) is 0 Å². The van der Waals surface area contributed by atoms with E-state index in [0.29, 0.717) is 18.4 Å². The number of carbonyl (C=O) groups is 1. The van der Waals surface area contributed by atoms with Crippen LogP contribution in [0.2, 0.25) is 5.15 Å². The minimum atomic E-state index is -1.59. The molecule has 0 atom stereocenters. The van der Waals surface area contributed by atoms with Crippen LogP contribution in [0.15, 0.2) is 12.1 Å². The maximum atomic E-state index is 12.9. The smallest absolute Gasteiger partial charge is 0.280 e. The Hall–Kier alpha value is -1.60. The van der Waals surface area contributed by atoms with Crippen molar-refractivity contribution in [2.24, 2.45) is 0 Å². The van der Waals surface area contributed by atoms with Gasteiger partial charge < -0.3 is 4.74 Å². The number of aldehydes is 1. The first-order valence-corrected chi connectivity index (χ1v) is 5.64. The lowest BCUT2D eigenvalue weighted by molar-refractivity contribution is 0.112. The monoisotopic (exact) mass is 293 g/mol. The van der Waals surface area contributed by atoms with E-state index in [1.165, 1.54) is 0 Å². The predicted molar refractivity (Wildman–Crippen MR) is 58.9 cm³/mol. The van der Waals surface area contributed by atoms with Crippen molar-refractivity contribution in [2.45, 2.75) is 0 Å². The summed E-state index contributed by atoms with van der Waals surface area (Å²) in [5.41, 5.74) is 0. The van der Waals surface area contributed by atoms with Gasteiger partial charge in [-0.25, -0.2) is 13.2 Å². The Kier molecular flexibility index (Phi) is 3.53. The molecule has 1 aromatic carbocycles. The summed E-state index contributed by atoms with van der Waals surface area (Å²) in [6.45, 7) is 0. The average Bonchev–Trinajstić information content (AvgIpc) is 2.66. The summed E-state index contributed by atoms with van der Waals surface area (Å²) in [5, 5.41) is -0.152. The van der Waals surface area contributed by atoms with Gasteiger partial charge in [-0.1, -0.05) is 22.9 Å². The van der Waals surface area contributed by atoms with Crippen molar-refractivity contribution < 1.29 is 22.7 Å². The molecule has 2 rings (SSSR count). The highest BCUT2D eigenvalue weighted by Crippen LogP contribution is 2.31. The minimum Gasteiger partial charge on any atom is -0.431 e. The fourth-order valence-corrected chi connectivity index (χ4v) is 2.03. The predicted octanol–water partition coefficient (Wildman–Crippen LogP) is 3.82. The van der Waals surface area contributed by atoms with E-state index >= 15 is 0 Å². The first-order valence-electron chi connectivity index (χ1n) is 4.45. The maximum Gasteiger partial charge on any atom is 0.280 e. The molecule has 0 aliphatic carbocycles. The largest absolute Gasteiger partial charge is 0.431 e. The summed E-state index contributed by atoms with van der Waals surface area (Å²) in [4.78, 5) is 14.3. The first kappa shape index (κ1) is 12.8. The molecule has 0 saturated carbocycles. The SMILES string of the molecule is O=Cc1sc(Oc2cc(F)c(F)c(F)c2)nc1Cl. The number of hydrogen-bond donors (Lipinski definition) is 0. The van der Waals surface area contributed by atoms with E-state index < -0.39 is 17.5 Å². The first-order chi connectivity index (χ1) is 8.51. The third kappa shape index (κ3) is 2.46. The Morgan fingerprint density at radius 1 is 1.28 bits per heavy atom. The standard InChI is InChI=1S/C10H3ClF3NO2S/c11-9-7(3-16)18-10(15-9)17-4-1-5(12)8(14)6(13)2-4/h1-3H. The molecule has 1 heterocycles. The lowest BCUT2D eigenvalue weighted by Gasteiger charge is -2.02. The van der Waals surface area contributed by atoms with Gasteiger partial charge in [0.15, 0.2) is 28.9 Å². The van der Waals surface area contributed by atoms with Crippen LogP contribution in [0.3, 0.4) is 0 Å². The number of aromatic nitrogens is 1. The van der Waals surface area contributed by atoms with Crippen LogP contribution in [0, 0.1) is 17.5 Å². The number of benzene rings is 1. The molecule has 94 valence electrons. The normalized spacial score (nSPS) is 10.4. The van der Waals surface area contributed by atoms with E-state index in [0.717, 1.165) is 11.3 Å². The van der Waals surface area contributed by atoms with E-state index in [1.807, 2.05) is 0 Å². The molecule has 1 aromatic heterocycles. The van der Waals surface area contributed by atoms with E-state index in [-0.39, 0.29) is 21.0 Å². The molecule has 2 aromatic rings. The van der Waals surface area contributed by atoms with Crippen LogP contribution in [0.25, 0.3) is 0 Å². The highest BCUT2D eigenvalue weighted by atomic mass is 35.5. The van der Waals surface area contributed by atoms with Crippen molar-refractivity contribution in [3.63, 3.8) is 0 Å². The van der Waals surface area contributed by atoms with Crippen LogP contribution in [0.1, 0.15) is 9.67 Å². The van der Waals surface area contributed by atoms with Gasteiger partial charge in [-0.15, -0.1) is 0 Å². The molecule has 0 spiro atoms. The van der Waals surface area contributed by atoms with Gasteiger partial charge in [0.2, 0.25) is 0 Å². The summed E-state index contributed by atoms with van der Waals surface area (Å²) in [5.74, 6) is -4.64. The van der Waals surface area contributed by atoms with Gasteiger partial charge in [0, 0.05) is 12.1 Å². The third-order valence-corrected chi connectivity index (χ3v) is 3.12. The minimum absolute atomic E-state index is 0.0759. The van der Waals surface area contributed by atoms with E-state index in [4.69, 9.17) is 16.3 Å². The second-order valence-corrected chi connectivity index (χ2v) is 4.41. The third-order valence-electron chi connectivity index (χ3n) is 1.86. The molecule has 0 bridgehead atoms. The quantitative estimate of drug-likeness (QED) is 0.638. The molecule has 0 saturated heterocycles. The van der Waals surface area contributed by atoms with Crippen molar-refractivity contribution in [1.82, 2.24) is 4.98 Å². The molecule has 8 heteroatoms. The van der Waals surface area contributed by atoms with Gasteiger partial charge in [-0.3, -0.25) is 4.79 Å². The lowest BCUT2D eigenvalue weighted by Crippen LogP contribution is -1.92. The van der Waals surface area contributed by atoms with Crippen LogP contribution in [-0.4, -0.2) is 11.3 Å². The van der Waals surface area contributed by atoms with Crippen molar-refractivity contribution in [2.75, 3.05) is 0 Å². The van der Waals surface area contributed by atoms with E-state index in [1.54, 1.807) is 0 Å². The van der Waals surface area contributed by atoms with Crippen LogP contribution in [-0.2, 0) is 0 Å². The fraction of sp³-hybridized carbons (Fsp3) is 0. The van der Waals surface area contributed by atoms with Crippen LogP contribution in [0.4, 0.5) is 13.2 Å². The van der Waals surface area contributed by atoms with Gasteiger partial charge in [0.05, 0.1) is 0 Å². The fourth-order valence-electron chi connectivity index (χ4n) is 1.10. The molecular weight excluding hydrogens is 291 g/mol. The summed E-state index contributed by atoms with van der Waals surface area (Å²) in [6, 6.07) is 1.32. The van der Waals surface area contributed by atoms with Gasteiger partial charge in [0.1, 0.15) is 10.6 Å². The molecule has 0 aliphatic heterocycles. The number of halogens is 4. The summed E-state index contributed by atoms with van der Waals surface area (Å²) in [6.07, 6.45) is 0.471. The molecule has 18 heavy (non-hydrogen) atoms. The molecule has 0 aliphatic rings. The van der Waals surface area contributed by atoms with Crippen molar-refractivity contribution in [3.8, 4) is 10.9 Å². The molecule has 0 amide bonds. The zero-order valence-corrected chi connectivity index (χ0v) is 9.99.